The van der Waals surface area contributed by atoms with Crippen LogP contribution in [0.5, 0.6) is 5.75 Å². The Hall–Kier alpha value is -3.41. The maximum absolute atomic E-state index is 13.0. The summed E-state index contributed by atoms with van der Waals surface area (Å²) >= 11 is 0. The van der Waals surface area contributed by atoms with Crippen LogP contribution in [0.4, 0.5) is 0 Å². The van der Waals surface area contributed by atoms with E-state index in [0.29, 0.717) is 29.6 Å². The third-order valence-corrected chi connectivity index (χ3v) is 4.16. The summed E-state index contributed by atoms with van der Waals surface area (Å²) in [5, 5.41) is 4.05. The molecule has 29 heavy (non-hydrogen) atoms. The van der Waals surface area contributed by atoms with E-state index in [1.165, 1.54) is 0 Å². The summed E-state index contributed by atoms with van der Waals surface area (Å²) in [6.07, 6.45) is 1.70. The average molecular weight is 391 g/mol. The lowest BCUT2D eigenvalue weighted by molar-refractivity contribution is 0.0744. The van der Waals surface area contributed by atoms with E-state index in [2.05, 4.69) is 16.7 Å². The maximum Gasteiger partial charge on any atom is 0.254 e. The van der Waals surface area contributed by atoms with E-state index in [0.717, 1.165) is 11.1 Å². The molecule has 2 aromatic carbocycles. The number of carbonyl (C=O) groups excluding carboxylic acids is 1. The Bertz CT molecular complexity index is 994. The molecular weight excluding hydrogens is 366 g/mol. The Labute approximate surface area is 170 Å². The van der Waals surface area contributed by atoms with Gasteiger partial charge >= 0.3 is 0 Å². The van der Waals surface area contributed by atoms with Crippen molar-refractivity contribution in [2.24, 2.45) is 0 Å². The number of benzene rings is 2. The summed E-state index contributed by atoms with van der Waals surface area (Å²) in [5.41, 5.74) is 2.52. The number of carbonyl (C=O) groups is 1. The number of nitrogens with zero attached hydrogens (tertiary/aromatic N) is 3. The van der Waals surface area contributed by atoms with Crippen LogP contribution in [-0.4, -0.2) is 33.6 Å². The molecule has 0 N–H and O–H groups in total. The molecule has 1 amide bonds. The number of hydrogen-bond donors (Lipinski definition) is 0. The van der Waals surface area contributed by atoms with Gasteiger partial charge in [0.15, 0.2) is 0 Å². The van der Waals surface area contributed by atoms with E-state index in [-0.39, 0.29) is 18.6 Å². The first-order valence-electron chi connectivity index (χ1n) is 9.53. The van der Waals surface area contributed by atoms with Gasteiger partial charge in [0.05, 0.1) is 6.10 Å². The Morgan fingerprint density at radius 2 is 2.03 bits per heavy atom. The Morgan fingerprint density at radius 1 is 1.24 bits per heavy atom. The van der Waals surface area contributed by atoms with Crippen LogP contribution in [-0.2, 0) is 6.54 Å². The van der Waals surface area contributed by atoms with Gasteiger partial charge in [-0.05, 0) is 45.0 Å². The lowest BCUT2D eigenvalue weighted by Gasteiger charge is -2.19. The zero-order chi connectivity index (χ0) is 20.8. The predicted octanol–water partition coefficient (Wildman–Crippen LogP) is 4.66. The third kappa shape index (κ3) is 5.31. The van der Waals surface area contributed by atoms with Gasteiger partial charge in [-0.25, -0.2) is 0 Å². The fourth-order valence-corrected chi connectivity index (χ4v) is 2.92. The van der Waals surface area contributed by atoms with Crippen molar-refractivity contribution >= 4 is 5.91 Å². The highest BCUT2D eigenvalue weighted by molar-refractivity contribution is 5.94. The molecule has 0 radical (unpaired) electrons. The van der Waals surface area contributed by atoms with Crippen LogP contribution >= 0.6 is 0 Å². The van der Waals surface area contributed by atoms with Gasteiger partial charge < -0.3 is 14.2 Å². The highest BCUT2D eigenvalue weighted by Crippen LogP contribution is 2.20. The molecule has 0 saturated carbocycles. The number of amides is 1. The normalized spacial score (nSPS) is 10.8. The summed E-state index contributed by atoms with van der Waals surface area (Å²) in [5.74, 6) is 1.37. The van der Waals surface area contributed by atoms with Crippen LogP contribution in [0, 0.1) is 6.92 Å². The van der Waals surface area contributed by atoms with Gasteiger partial charge in [0.1, 0.15) is 12.3 Å². The van der Waals surface area contributed by atoms with Gasteiger partial charge in [-0.15, -0.1) is 6.58 Å². The highest BCUT2D eigenvalue weighted by Gasteiger charge is 2.19. The number of aryl methyl sites for hydroxylation is 1. The van der Waals surface area contributed by atoms with Crippen LogP contribution in [0.15, 0.2) is 65.7 Å². The zero-order valence-corrected chi connectivity index (χ0v) is 17.0. The van der Waals surface area contributed by atoms with Crippen LogP contribution < -0.4 is 4.74 Å². The summed E-state index contributed by atoms with van der Waals surface area (Å²) in [4.78, 5) is 19.1. The van der Waals surface area contributed by atoms with Crippen molar-refractivity contribution in [2.75, 3.05) is 6.54 Å². The lowest BCUT2D eigenvalue weighted by atomic mass is 10.1. The maximum atomic E-state index is 13.0. The smallest absolute Gasteiger partial charge is 0.254 e. The topological polar surface area (TPSA) is 68.5 Å². The van der Waals surface area contributed by atoms with E-state index < -0.39 is 0 Å². The van der Waals surface area contributed by atoms with Gasteiger partial charge in [-0.3, -0.25) is 4.79 Å². The second-order valence-corrected chi connectivity index (χ2v) is 7.05. The number of aromatic nitrogens is 2. The Kier molecular flexibility index (Phi) is 6.44. The first-order chi connectivity index (χ1) is 14.0. The zero-order valence-electron chi connectivity index (χ0n) is 17.0. The first kappa shape index (κ1) is 20.3. The van der Waals surface area contributed by atoms with Crippen molar-refractivity contribution in [3.63, 3.8) is 0 Å². The monoisotopic (exact) mass is 391 g/mol. The van der Waals surface area contributed by atoms with E-state index in [9.17, 15) is 4.79 Å². The molecule has 0 fully saturated rings. The molecule has 6 heteroatoms. The molecule has 0 unspecified atom stereocenters. The van der Waals surface area contributed by atoms with Crippen molar-refractivity contribution in [3.05, 3.63) is 78.2 Å². The van der Waals surface area contributed by atoms with E-state index in [1.807, 2.05) is 51.1 Å². The van der Waals surface area contributed by atoms with E-state index >= 15 is 0 Å². The van der Waals surface area contributed by atoms with Crippen LogP contribution in [0.2, 0.25) is 0 Å². The van der Waals surface area contributed by atoms with Crippen LogP contribution in [0.3, 0.4) is 0 Å². The first-order valence-corrected chi connectivity index (χ1v) is 9.53. The average Bonchev–Trinajstić information content (AvgIpc) is 3.15. The van der Waals surface area contributed by atoms with Crippen molar-refractivity contribution in [2.45, 2.75) is 33.4 Å². The summed E-state index contributed by atoms with van der Waals surface area (Å²) in [6, 6.07) is 15.0. The Morgan fingerprint density at radius 3 is 2.76 bits per heavy atom. The molecule has 0 aliphatic heterocycles. The largest absolute Gasteiger partial charge is 0.491 e. The van der Waals surface area contributed by atoms with Crippen molar-refractivity contribution in [1.82, 2.24) is 15.0 Å². The molecule has 3 rings (SSSR count). The third-order valence-electron chi connectivity index (χ3n) is 4.16. The molecular formula is C23H25N3O3. The molecule has 0 spiro atoms. The predicted molar refractivity (Wildman–Crippen MR) is 112 cm³/mol. The van der Waals surface area contributed by atoms with Gasteiger partial charge in [-0.1, -0.05) is 41.1 Å². The molecule has 1 aromatic heterocycles. The van der Waals surface area contributed by atoms with Crippen LogP contribution in [0.1, 0.15) is 35.7 Å². The molecule has 0 saturated heterocycles. The minimum atomic E-state index is -0.158. The summed E-state index contributed by atoms with van der Waals surface area (Å²) in [7, 11) is 0. The van der Waals surface area contributed by atoms with Crippen LogP contribution in [0.25, 0.3) is 11.4 Å². The number of ether oxygens (including phenoxy) is 1. The standard InChI is InChI=1S/C23H25N3O3/c1-5-12-26(23(27)19-10-7-11-20(14-19)28-16(2)3)15-21-24-22(25-29-21)18-9-6-8-17(4)13-18/h5-11,13-14,16H,1,12,15H2,2-4H3. The lowest BCUT2D eigenvalue weighted by Crippen LogP contribution is -2.30. The van der Waals surface area contributed by atoms with Gasteiger partial charge in [-0.2, -0.15) is 4.98 Å². The highest BCUT2D eigenvalue weighted by atomic mass is 16.5. The van der Waals surface area contributed by atoms with E-state index in [1.54, 1.807) is 29.2 Å². The quantitative estimate of drug-likeness (QED) is 0.522. The summed E-state index contributed by atoms with van der Waals surface area (Å²) < 4.78 is 11.1. The second-order valence-electron chi connectivity index (χ2n) is 7.05. The fraction of sp³-hybridized carbons (Fsp3) is 0.261. The molecule has 0 aliphatic rings. The van der Waals surface area contributed by atoms with Crippen molar-refractivity contribution < 1.29 is 14.1 Å². The molecule has 6 nitrogen and oxygen atoms in total. The molecule has 0 bridgehead atoms. The number of rotatable bonds is 8. The van der Waals surface area contributed by atoms with Gasteiger partial charge in [0.25, 0.3) is 5.91 Å². The molecule has 3 aromatic rings. The van der Waals surface area contributed by atoms with Gasteiger partial charge in [0, 0.05) is 17.7 Å². The molecule has 0 atom stereocenters. The number of hydrogen-bond acceptors (Lipinski definition) is 5. The van der Waals surface area contributed by atoms with Crippen molar-refractivity contribution in [3.8, 4) is 17.1 Å². The fourth-order valence-electron chi connectivity index (χ4n) is 2.92. The van der Waals surface area contributed by atoms with Crippen molar-refractivity contribution in [1.29, 1.82) is 0 Å². The second kappa shape index (κ2) is 9.19. The van der Waals surface area contributed by atoms with Gasteiger partial charge in [0.2, 0.25) is 11.7 Å². The van der Waals surface area contributed by atoms with E-state index in [4.69, 9.17) is 9.26 Å². The summed E-state index contributed by atoms with van der Waals surface area (Å²) in [6.45, 7) is 10.2. The molecule has 0 aliphatic carbocycles. The minimum Gasteiger partial charge on any atom is -0.491 e. The SMILES string of the molecule is C=CCN(Cc1nc(-c2cccc(C)c2)no1)C(=O)c1cccc(OC(C)C)c1. The Balaban J connectivity index is 1.78. The molecule has 1 heterocycles. The minimum absolute atomic E-state index is 0.0306. The molecule has 150 valence electrons.